The van der Waals surface area contributed by atoms with Gasteiger partial charge >= 0.3 is 0 Å². The van der Waals surface area contributed by atoms with E-state index < -0.39 is 0 Å². The van der Waals surface area contributed by atoms with Gasteiger partial charge in [-0.25, -0.2) is 4.40 Å². The number of H-pyrrole nitrogens is 2. The predicted octanol–water partition coefficient (Wildman–Crippen LogP) is 4.95. The number of aryl methyl sites for hydroxylation is 1. The van der Waals surface area contributed by atoms with Crippen molar-refractivity contribution in [2.24, 2.45) is 0 Å². The lowest BCUT2D eigenvalue weighted by atomic mass is 10.1. The fourth-order valence-electron chi connectivity index (χ4n) is 3.48. The molecule has 0 aliphatic heterocycles. The van der Waals surface area contributed by atoms with Crippen molar-refractivity contribution >= 4 is 28.1 Å². The van der Waals surface area contributed by atoms with Gasteiger partial charge in [0, 0.05) is 28.7 Å². The van der Waals surface area contributed by atoms with Gasteiger partial charge in [-0.3, -0.25) is 10.3 Å². The molecule has 5 rings (SSSR count). The summed E-state index contributed by atoms with van der Waals surface area (Å²) >= 11 is 0. The molecule has 4 heteroatoms. The summed E-state index contributed by atoms with van der Waals surface area (Å²) in [7, 11) is 0. The zero-order valence-corrected chi connectivity index (χ0v) is 14.5. The summed E-state index contributed by atoms with van der Waals surface area (Å²) in [5.41, 5.74) is 6.71. The van der Waals surface area contributed by atoms with E-state index in [0.717, 1.165) is 33.9 Å². The van der Waals surface area contributed by atoms with Crippen LogP contribution in [0, 0.1) is 6.92 Å². The second kappa shape index (κ2) is 5.77. The van der Waals surface area contributed by atoms with Crippen LogP contribution < -0.4 is 9.72 Å². The van der Waals surface area contributed by atoms with Crippen molar-refractivity contribution in [3.05, 3.63) is 84.7 Å². The SMILES string of the molecule is Cc1ccccc1Nc1c(-c2c[nH]c3ccccc23)[nH]c2cccc[n+]12. The highest BCUT2D eigenvalue weighted by Gasteiger charge is 2.23. The van der Waals surface area contributed by atoms with Crippen molar-refractivity contribution < 1.29 is 4.40 Å². The number of hydrogen-bond acceptors (Lipinski definition) is 1. The van der Waals surface area contributed by atoms with Crippen LogP contribution in [0.4, 0.5) is 11.5 Å². The van der Waals surface area contributed by atoms with Gasteiger partial charge in [0.05, 0.1) is 11.9 Å². The molecule has 0 unspecified atom stereocenters. The molecule has 0 amide bonds. The molecule has 0 spiro atoms. The van der Waals surface area contributed by atoms with Crippen LogP contribution in [0.5, 0.6) is 0 Å². The molecule has 26 heavy (non-hydrogen) atoms. The highest BCUT2D eigenvalue weighted by atomic mass is 15.1. The summed E-state index contributed by atoms with van der Waals surface area (Å²) in [6.07, 6.45) is 4.14. The molecular formula is C22H19N4+. The number of anilines is 2. The van der Waals surface area contributed by atoms with E-state index in [1.807, 2.05) is 12.1 Å². The fourth-order valence-corrected chi connectivity index (χ4v) is 3.48. The van der Waals surface area contributed by atoms with Gasteiger partial charge in [0.2, 0.25) is 5.65 Å². The highest BCUT2D eigenvalue weighted by molar-refractivity contribution is 5.97. The van der Waals surface area contributed by atoms with Gasteiger partial charge in [0.1, 0.15) is 0 Å². The summed E-state index contributed by atoms with van der Waals surface area (Å²) in [4.78, 5) is 6.96. The number of para-hydroxylation sites is 2. The molecule has 126 valence electrons. The average molecular weight is 339 g/mol. The first-order chi connectivity index (χ1) is 12.8. The van der Waals surface area contributed by atoms with E-state index in [9.17, 15) is 0 Å². The van der Waals surface area contributed by atoms with Crippen molar-refractivity contribution in [1.82, 2.24) is 9.97 Å². The number of aromatic nitrogens is 3. The van der Waals surface area contributed by atoms with Gasteiger partial charge in [0.15, 0.2) is 5.69 Å². The number of nitrogens with one attached hydrogen (secondary N) is 3. The number of imidazole rings is 1. The van der Waals surface area contributed by atoms with Crippen molar-refractivity contribution in [2.45, 2.75) is 6.92 Å². The van der Waals surface area contributed by atoms with Gasteiger partial charge in [0.25, 0.3) is 5.82 Å². The first kappa shape index (κ1) is 14.8. The minimum atomic E-state index is 1.03. The molecule has 0 atom stereocenters. The molecule has 0 fully saturated rings. The van der Waals surface area contributed by atoms with Crippen molar-refractivity contribution in [2.75, 3.05) is 5.32 Å². The van der Waals surface area contributed by atoms with Gasteiger partial charge in [-0.15, -0.1) is 0 Å². The Morgan fingerprint density at radius 1 is 0.885 bits per heavy atom. The molecule has 4 nitrogen and oxygen atoms in total. The Balaban J connectivity index is 1.76. The minimum Gasteiger partial charge on any atom is -0.360 e. The van der Waals surface area contributed by atoms with Gasteiger partial charge in [-0.05, 0) is 30.7 Å². The second-order valence-electron chi connectivity index (χ2n) is 6.49. The number of pyridine rings is 1. The Morgan fingerprint density at radius 2 is 1.69 bits per heavy atom. The third-order valence-corrected chi connectivity index (χ3v) is 4.85. The van der Waals surface area contributed by atoms with E-state index in [-0.39, 0.29) is 0 Å². The Labute approximate surface area is 151 Å². The van der Waals surface area contributed by atoms with E-state index >= 15 is 0 Å². The molecule has 5 aromatic rings. The van der Waals surface area contributed by atoms with Crippen LogP contribution in [0.15, 0.2) is 79.1 Å². The third-order valence-electron chi connectivity index (χ3n) is 4.85. The summed E-state index contributed by atoms with van der Waals surface area (Å²) in [5.74, 6) is 1.03. The topological polar surface area (TPSA) is 47.7 Å². The van der Waals surface area contributed by atoms with Gasteiger partial charge < -0.3 is 4.98 Å². The van der Waals surface area contributed by atoms with Crippen molar-refractivity contribution in [3.63, 3.8) is 0 Å². The lowest BCUT2D eigenvalue weighted by Crippen LogP contribution is -2.22. The van der Waals surface area contributed by atoms with Crippen LogP contribution in [0.1, 0.15) is 5.56 Å². The quantitative estimate of drug-likeness (QED) is 0.400. The Bertz CT molecular complexity index is 1230. The number of aromatic amines is 2. The maximum atomic E-state index is 3.63. The zero-order valence-electron chi connectivity index (χ0n) is 14.5. The Morgan fingerprint density at radius 3 is 2.62 bits per heavy atom. The largest absolute Gasteiger partial charge is 0.360 e. The van der Waals surface area contributed by atoms with Gasteiger partial charge in [-0.1, -0.05) is 42.5 Å². The first-order valence-corrected chi connectivity index (χ1v) is 8.73. The Kier molecular flexibility index (Phi) is 3.28. The molecule has 0 saturated carbocycles. The molecule has 0 bridgehead atoms. The van der Waals surface area contributed by atoms with E-state index in [1.165, 1.54) is 10.9 Å². The van der Waals surface area contributed by atoms with Gasteiger partial charge in [-0.2, -0.15) is 0 Å². The molecule has 3 N–H and O–H groups in total. The molecular weight excluding hydrogens is 320 g/mol. The molecule has 3 aromatic heterocycles. The lowest BCUT2D eigenvalue weighted by molar-refractivity contribution is -0.493. The van der Waals surface area contributed by atoms with Crippen molar-refractivity contribution in [3.8, 4) is 11.3 Å². The summed E-state index contributed by atoms with van der Waals surface area (Å²) in [5, 5.41) is 4.84. The van der Waals surface area contributed by atoms with E-state index in [1.54, 1.807) is 0 Å². The second-order valence-corrected chi connectivity index (χ2v) is 6.49. The van der Waals surface area contributed by atoms with E-state index in [0.29, 0.717) is 0 Å². The zero-order chi connectivity index (χ0) is 17.5. The van der Waals surface area contributed by atoms with Crippen LogP contribution in [0.2, 0.25) is 0 Å². The number of nitrogens with zero attached hydrogens (tertiary/aromatic N) is 1. The molecule has 2 aromatic carbocycles. The smallest absolute Gasteiger partial charge is 0.271 e. The molecule has 0 saturated heterocycles. The normalized spacial score (nSPS) is 11.3. The van der Waals surface area contributed by atoms with Crippen molar-refractivity contribution in [1.29, 1.82) is 0 Å². The maximum Gasteiger partial charge on any atom is 0.271 e. The highest BCUT2D eigenvalue weighted by Crippen LogP contribution is 2.33. The molecule has 3 heterocycles. The number of rotatable bonds is 3. The lowest BCUT2D eigenvalue weighted by Gasteiger charge is -2.05. The molecule has 0 aliphatic rings. The van der Waals surface area contributed by atoms with Crippen LogP contribution in [-0.2, 0) is 0 Å². The van der Waals surface area contributed by atoms with Crippen LogP contribution >= 0.6 is 0 Å². The maximum absolute atomic E-state index is 3.63. The average Bonchev–Trinajstić information content (AvgIpc) is 3.25. The summed E-state index contributed by atoms with van der Waals surface area (Å²) in [6, 6.07) is 22.9. The predicted molar refractivity (Wildman–Crippen MR) is 106 cm³/mol. The monoisotopic (exact) mass is 339 g/mol. The van der Waals surface area contributed by atoms with Crippen LogP contribution in [0.25, 0.3) is 27.8 Å². The fraction of sp³-hybridized carbons (Fsp3) is 0.0455. The summed E-state index contributed by atoms with van der Waals surface area (Å²) in [6.45, 7) is 2.12. The first-order valence-electron chi connectivity index (χ1n) is 8.73. The van der Waals surface area contributed by atoms with E-state index in [4.69, 9.17) is 0 Å². The van der Waals surface area contributed by atoms with Crippen LogP contribution in [0.3, 0.4) is 0 Å². The number of benzene rings is 2. The molecule has 0 radical (unpaired) electrons. The van der Waals surface area contributed by atoms with E-state index in [2.05, 4.69) is 93.6 Å². The standard InChI is InChI=1S/C22H18N4/c1-15-8-2-4-10-18(15)24-22-21(25-20-12-6-7-13-26(20)22)17-14-23-19-11-5-3-9-16(17)19/h2-14,23-24H,1H3/p+1. The van der Waals surface area contributed by atoms with Crippen LogP contribution in [-0.4, -0.2) is 9.97 Å². The Hall–Kier alpha value is -3.53. The third kappa shape index (κ3) is 2.27. The number of fused-ring (bicyclic) bond motifs is 2. The minimum absolute atomic E-state index is 1.03. The molecule has 0 aliphatic carbocycles. The number of hydrogen-bond donors (Lipinski definition) is 3. The summed E-state index contributed by atoms with van der Waals surface area (Å²) < 4.78 is 2.16.